The van der Waals surface area contributed by atoms with Gasteiger partial charge in [0.1, 0.15) is 0 Å². The fourth-order valence-electron chi connectivity index (χ4n) is 3.35. The van der Waals surface area contributed by atoms with Gasteiger partial charge in [-0.3, -0.25) is 30.3 Å². The molecule has 0 aliphatic carbocycles. The van der Waals surface area contributed by atoms with E-state index in [1.165, 1.54) is 32.1 Å². The minimum atomic E-state index is -1.21. The molecule has 0 unspecified atom stereocenters. The molecular weight excluding hydrogens is 336 g/mol. The monoisotopic (exact) mass is 354 g/mol. The molecule has 0 radical (unpaired) electrons. The van der Waals surface area contributed by atoms with Crippen molar-refractivity contribution in [2.24, 2.45) is 0 Å². The zero-order valence-electron chi connectivity index (χ0n) is 13.5. The summed E-state index contributed by atoms with van der Waals surface area (Å²) in [5.41, 5.74) is -3.00. The molecule has 0 saturated carbocycles. The maximum atomic E-state index is 10.4. The van der Waals surface area contributed by atoms with E-state index < -0.39 is 37.6 Å². The normalized spacial score (nSPS) is 22.0. The minimum Gasteiger partial charge on any atom is -0.497 e. The van der Waals surface area contributed by atoms with E-state index in [4.69, 9.17) is 5.11 Å². The van der Waals surface area contributed by atoms with Gasteiger partial charge in [-0.25, -0.2) is 0 Å². The van der Waals surface area contributed by atoms with Crippen LogP contribution in [0.5, 0.6) is 5.75 Å². The summed E-state index contributed by atoms with van der Waals surface area (Å²) in [6, 6.07) is 2.82. The molecule has 0 aromatic heterocycles. The number of non-ortho nitro benzene ring substituents is 1. The third-order valence-electron chi connectivity index (χ3n) is 4.72. The number of nitro groups is 3. The molecule has 136 valence electrons. The van der Waals surface area contributed by atoms with Crippen LogP contribution in [0.1, 0.15) is 32.1 Å². The van der Waals surface area contributed by atoms with Crippen molar-refractivity contribution in [2.75, 3.05) is 7.05 Å². The Bertz CT molecular complexity index is 657. The van der Waals surface area contributed by atoms with E-state index in [0.717, 1.165) is 12.1 Å². The largest absolute Gasteiger partial charge is 0.497 e. The van der Waals surface area contributed by atoms with Crippen molar-refractivity contribution < 1.29 is 19.9 Å². The van der Waals surface area contributed by atoms with Gasteiger partial charge in [0.05, 0.1) is 26.9 Å². The first-order valence-corrected chi connectivity index (χ1v) is 7.74. The third kappa shape index (κ3) is 3.99. The zero-order chi connectivity index (χ0) is 18.7. The highest BCUT2D eigenvalue weighted by Crippen LogP contribution is 2.39. The van der Waals surface area contributed by atoms with Crippen LogP contribution in [0.25, 0.3) is 0 Å². The molecule has 2 fully saturated rings. The Balaban J connectivity index is 0.000000208. The summed E-state index contributed by atoms with van der Waals surface area (Å²) >= 11 is 0. The molecule has 3 rings (SSSR count). The number of fused-ring (bicyclic) bond motifs is 2. The quantitative estimate of drug-likeness (QED) is 0.642. The zero-order valence-corrected chi connectivity index (χ0v) is 13.5. The Morgan fingerprint density at radius 1 is 0.920 bits per heavy atom. The number of nitro benzene ring substituents is 3. The van der Waals surface area contributed by atoms with Crippen LogP contribution in [0.3, 0.4) is 0 Å². The Morgan fingerprint density at radius 3 is 1.68 bits per heavy atom. The van der Waals surface area contributed by atoms with Crippen LogP contribution in [0, 0.1) is 30.3 Å². The van der Waals surface area contributed by atoms with Crippen LogP contribution in [0.15, 0.2) is 12.1 Å². The first-order chi connectivity index (χ1) is 11.7. The molecule has 2 atom stereocenters. The molecule has 2 heterocycles. The van der Waals surface area contributed by atoms with Gasteiger partial charge in [-0.15, -0.1) is 0 Å². The number of benzene rings is 1. The van der Waals surface area contributed by atoms with Crippen LogP contribution >= 0.6 is 0 Å². The van der Waals surface area contributed by atoms with Crippen molar-refractivity contribution >= 4 is 17.1 Å². The number of hydrogen-bond donors (Lipinski definition) is 1. The molecular formula is C14H18N4O7. The van der Waals surface area contributed by atoms with Gasteiger partial charge in [-0.1, -0.05) is 6.42 Å². The van der Waals surface area contributed by atoms with E-state index in [2.05, 4.69) is 11.9 Å². The van der Waals surface area contributed by atoms with Gasteiger partial charge in [0.25, 0.3) is 11.4 Å². The topological polar surface area (TPSA) is 153 Å². The van der Waals surface area contributed by atoms with Crippen molar-refractivity contribution in [1.82, 2.24) is 4.90 Å². The van der Waals surface area contributed by atoms with Crippen LogP contribution in [-0.4, -0.2) is 43.9 Å². The lowest BCUT2D eigenvalue weighted by Gasteiger charge is -2.30. The lowest BCUT2D eigenvalue weighted by Crippen LogP contribution is -2.35. The predicted molar refractivity (Wildman–Crippen MR) is 86.5 cm³/mol. The standard InChI is InChI=1S/C8H15N.C6H3N3O7/c1-9-7-3-2-4-8(9)6-5-7;10-6-4(8(13)14)1-3(7(11)12)2-5(6)9(15)16/h7-8H,2-6H2,1H3;1-2,10H/t7-,8+;. The third-order valence-corrected chi connectivity index (χ3v) is 4.72. The van der Waals surface area contributed by atoms with E-state index in [-0.39, 0.29) is 0 Å². The van der Waals surface area contributed by atoms with Crippen molar-refractivity contribution in [1.29, 1.82) is 0 Å². The lowest BCUT2D eigenvalue weighted by atomic mass is 10.0. The average molecular weight is 354 g/mol. The summed E-state index contributed by atoms with van der Waals surface area (Å²) in [7, 11) is 2.29. The van der Waals surface area contributed by atoms with Gasteiger partial charge in [0.15, 0.2) is 0 Å². The van der Waals surface area contributed by atoms with E-state index in [1.54, 1.807) is 0 Å². The fraction of sp³-hybridized carbons (Fsp3) is 0.571. The van der Waals surface area contributed by atoms with Crippen LogP contribution in [0.4, 0.5) is 17.1 Å². The summed E-state index contributed by atoms with van der Waals surface area (Å²) in [5.74, 6) is -1.21. The van der Waals surface area contributed by atoms with Crippen LogP contribution in [-0.2, 0) is 0 Å². The molecule has 2 aliphatic rings. The summed E-state index contributed by atoms with van der Waals surface area (Å²) in [5, 5.41) is 40.2. The second-order valence-electron chi connectivity index (χ2n) is 6.09. The average Bonchev–Trinajstić information content (AvgIpc) is 2.75. The Labute approximate surface area is 142 Å². The molecule has 0 spiro atoms. The first-order valence-electron chi connectivity index (χ1n) is 7.74. The highest BCUT2D eigenvalue weighted by Gasteiger charge is 2.33. The molecule has 1 aromatic carbocycles. The van der Waals surface area contributed by atoms with E-state index >= 15 is 0 Å². The second kappa shape index (κ2) is 7.38. The molecule has 2 bridgehead atoms. The van der Waals surface area contributed by atoms with Crippen LogP contribution in [0.2, 0.25) is 0 Å². The molecule has 0 amide bonds. The maximum Gasteiger partial charge on any atom is 0.324 e. The number of phenolic OH excluding ortho intramolecular Hbond substituents is 1. The molecule has 2 saturated heterocycles. The van der Waals surface area contributed by atoms with Crippen molar-refractivity contribution in [3.63, 3.8) is 0 Å². The number of aromatic hydroxyl groups is 1. The number of piperidine rings is 1. The van der Waals surface area contributed by atoms with Crippen molar-refractivity contribution in [3.8, 4) is 5.75 Å². The molecule has 1 N–H and O–H groups in total. The van der Waals surface area contributed by atoms with E-state index in [1.807, 2.05) is 0 Å². The SMILES string of the molecule is CN1[C@@H]2CCC[C@H]1CC2.O=[N+]([O-])c1cc([N+](=O)[O-])c(O)c([N+](=O)[O-])c1. The number of phenols is 1. The fourth-order valence-corrected chi connectivity index (χ4v) is 3.35. The maximum absolute atomic E-state index is 10.4. The minimum absolute atomic E-state index is 0.447. The van der Waals surface area contributed by atoms with Gasteiger partial charge in [0, 0.05) is 12.1 Å². The smallest absolute Gasteiger partial charge is 0.324 e. The highest BCUT2D eigenvalue weighted by molar-refractivity contribution is 5.64. The number of hydrogen-bond acceptors (Lipinski definition) is 8. The lowest BCUT2D eigenvalue weighted by molar-refractivity contribution is -0.404. The van der Waals surface area contributed by atoms with E-state index in [9.17, 15) is 30.3 Å². The highest BCUT2D eigenvalue weighted by atomic mass is 16.6. The molecule has 2 aliphatic heterocycles. The molecule has 11 heteroatoms. The van der Waals surface area contributed by atoms with Gasteiger partial charge in [0.2, 0.25) is 0 Å². The Hall–Kier alpha value is -2.82. The van der Waals surface area contributed by atoms with Gasteiger partial charge >= 0.3 is 11.4 Å². The summed E-state index contributed by atoms with van der Waals surface area (Å²) in [6.07, 6.45) is 7.36. The van der Waals surface area contributed by atoms with E-state index in [0.29, 0.717) is 12.1 Å². The second-order valence-corrected chi connectivity index (χ2v) is 6.09. The number of rotatable bonds is 3. The predicted octanol–water partition coefficient (Wildman–Crippen LogP) is 2.75. The Morgan fingerprint density at radius 2 is 1.36 bits per heavy atom. The number of nitrogens with zero attached hydrogens (tertiary/aromatic N) is 4. The van der Waals surface area contributed by atoms with Gasteiger partial charge < -0.3 is 10.0 Å². The molecule has 1 aromatic rings. The summed E-state index contributed by atoms with van der Waals surface area (Å²) < 4.78 is 0. The summed E-state index contributed by atoms with van der Waals surface area (Å²) in [6.45, 7) is 0. The summed E-state index contributed by atoms with van der Waals surface area (Å²) in [4.78, 5) is 30.4. The first kappa shape index (κ1) is 18.5. The van der Waals surface area contributed by atoms with Gasteiger partial charge in [-0.2, -0.15) is 0 Å². The van der Waals surface area contributed by atoms with Gasteiger partial charge in [-0.05, 0) is 32.7 Å². The van der Waals surface area contributed by atoms with Crippen LogP contribution < -0.4 is 0 Å². The molecule has 25 heavy (non-hydrogen) atoms. The Kier molecular flexibility index (Phi) is 5.47. The molecule has 11 nitrogen and oxygen atoms in total. The van der Waals surface area contributed by atoms with Crippen molar-refractivity contribution in [3.05, 3.63) is 42.5 Å². The van der Waals surface area contributed by atoms with Crippen molar-refractivity contribution in [2.45, 2.75) is 44.2 Å².